The average molecular weight is 374 g/mol. The molecule has 1 aromatic heterocycles. The summed E-state index contributed by atoms with van der Waals surface area (Å²) in [7, 11) is -3.38. The second kappa shape index (κ2) is 6.62. The summed E-state index contributed by atoms with van der Waals surface area (Å²) < 4.78 is 23.3. The molecule has 1 N–H and O–H groups in total. The molecule has 0 bridgehead atoms. The predicted molar refractivity (Wildman–Crippen MR) is 97.7 cm³/mol. The average Bonchev–Trinajstić information content (AvgIpc) is 2.90. The number of nitriles is 1. The molecule has 130 valence electrons. The second-order valence-electron chi connectivity index (χ2n) is 6.42. The van der Waals surface area contributed by atoms with Crippen LogP contribution in [0.15, 0.2) is 29.2 Å². The fraction of sp³-hybridized carbons (Fsp3) is 0.333. The van der Waals surface area contributed by atoms with Gasteiger partial charge in [0.05, 0.1) is 10.5 Å². The van der Waals surface area contributed by atoms with Gasteiger partial charge < -0.3 is 5.32 Å². The molecule has 1 aliphatic carbocycles. The van der Waals surface area contributed by atoms with E-state index < -0.39 is 15.7 Å². The number of amides is 1. The minimum atomic E-state index is -3.38. The molecule has 2 aromatic rings. The third-order valence-corrected chi connectivity index (χ3v) is 6.65. The zero-order valence-electron chi connectivity index (χ0n) is 14.0. The molecule has 3 rings (SSSR count). The van der Waals surface area contributed by atoms with Crippen molar-refractivity contribution in [2.75, 3.05) is 11.6 Å². The highest BCUT2D eigenvalue weighted by atomic mass is 32.2. The first-order chi connectivity index (χ1) is 11.8. The summed E-state index contributed by atoms with van der Waals surface area (Å²) in [4.78, 5) is 13.8. The summed E-state index contributed by atoms with van der Waals surface area (Å²) in [6.45, 7) is 2.18. The molecule has 1 unspecified atom stereocenters. The van der Waals surface area contributed by atoms with Crippen LogP contribution in [-0.2, 0) is 22.7 Å². The van der Waals surface area contributed by atoms with E-state index in [-0.39, 0.29) is 10.5 Å². The molecule has 0 radical (unpaired) electrons. The number of fused-ring (bicyclic) bond motifs is 1. The molecule has 0 spiro atoms. The second-order valence-corrected chi connectivity index (χ2v) is 9.54. The normalized spacial score (nSPS) is 16.8. The number of carbonyl (C=O) groups excluding carboxylic acids is 1. The van der Waals surface area contributed by atoms with Crippen molar-refractivity contribution >= 4 is 32.1 Å². The summed E-state index contributed by atoms with van der Waals surface area (Å²) in [5, 5.41) is 12.8. The summed E-state index contributed by atoms with van der Waals surface area (Å²) in [5.74, 6) is 0.168. The van der Waals surface area contributed by atoms with Gasteiger partial charge in [-0.2, -0.15) is 5.26 Å². The Balaban J connectivity index is 1.91. The van der Waals surface area contributed by atoms with E-state index in [9.17, 15) is 18.5 Å². The molecular formula is C18H18N2O3S2. The molecule has 1 aromatic carbocycles. The summed E-state index contributed by atoms with van der Waals surface area (Å²) in [6.07, 6.45) is 3.93. The van der Waals surface area contributed by atoms with E-state index in [0.717, 1.165) is 36.0 Å². The number of sulfone groups is 1. The van der Waals surface area contributed by atoms with Crippen molar-refractivity contribution in [2.45, 2.75) is 31.1 Å². The Bertz CT molecular complexity index is 984. The van der Waals surface area contributed by atoms with E-state index >= 15 is 0 Å². The molecule has 1 aliphatic rings. The molecular weight excluding hydrogens is 356 g/mol. The lowest BCUT2D eigenvalue weighted by Gasteiger charge is -2.17. The maximum absolute atomic E-state index is 12.5. The minimum Gasteiger partial charge on any atom is -0.312 e. The van der Waals surface area contributed by atoms with Gasteiger partial charge in [0.15, 0.2) is 9.84 Å². The van der Waals surface area contributed by atoms with Crippen LogP contribution in [0, 0.1) is 17.2 Å². The highest BCUT2D eigenvalue weighted by Crippen LogP contribution is 2.39. The van der Waals surface area contributed by atoms with Crippen LogP contribution in [-0.4, -0.2) is 20.6 Å². The van der Waals surface area contributed by atoms with E-state index in [1.54, 1.807) is 6.07 Å². The van der Waals surface area contributed by atoms with Crippen LogP contribution in [0.4, 0.5) is 5.00 Å². The monoisotopic (exact) mass is 374 g/mol. The summed E-state index contributed by atoms with van der Waals surface area (Å²) in [6, 6.07) is 8.12. The standard InChI is InChI=1S/C18H18N2O3S2/c1-11-6-7-14-15(10-19)18(24-16(14)8-11)20-17(21)12-4-3-5-13(9-12)25(2,22)23/h3-5,9,11H,6-8H2,1-2H3,(H,20,21). The zero-order chi connectivity index (χ0) is 18.2. The Morgan fingerprint density at radius 3 is 2.84 bits per heavy atom. The first kappa shape index (κ1) is 17.6. The largest absolute Gasteiger partial charge is 0.312 e. The summed E-state index contributed by atoms with van der Waals surface area (Å²) >= 11 is 1.45. The molecule has 1 amide bonds. The number of nitrogens with zero attached hydrogens (tertiary/aromatic N) is 1. The van der Waals surface area contributed by atoms with Gasteiger partial charge in [0.1, 0.15) is 11.1 Å². The molecule has 1 atom stereocenters. The number of benzene rings is 1. The van der Waals surface area contributed by atoms with E-state index in [0.29, 0.717) is 16.5 Å². The van der Waals surface area contributed by atoms with E-state index in [2.05, 4.69) is 18.3 Å². The van der Waals surface area contributed by atoms with Crippen LogP contribution in [0.1, 0.15) is 39.7 Å². The number of anilines is 1. The minimum absolute atomic E-state index is 0.0972. The highest BCUT2D eigenvalue weighted by molar-refractivity contribution is 7.90. The highest BCUT2D eigenvalue weighted by Gasteiger charge is 2.25. The molecule has 25 heavy (non-hydrogen) atoms. The Labute approximate surface area is 151 Å². The number of nitrogens with one attached hydrogen (secondary N) is 1. The molecule has 0 saturated carbocycles. The number of rotatable bonds is 3. The van der Waals surface area contributed by atoms with Crippen molar-refractivity contribution in [3.05, 3.63) is 45.8 Å². The lowest BCUT2D eigenvalue weighted by atomic mass is 9.88. The zero-order valence-corrected chi connectivity index (χ0v) is 15.6. The number of carbonyl (C=O) groups is 1. The quantitative estimate of drug-likeness (QED) is 0.892. The van der Waals surface area contributed by atoms with Gasteiger partial charge in [-0.3, -0.25) is 4.79 Å². The van der Waals surface area contributed by atoms with Gasteiger partial charge in [-0.1, -0.05) is 13.0 Å². The lowest BCUT2D eigenvalue weighted by Crippen LogP contribution is -2.13. The van der Waals surface area contributed by atoms with Gasteiger partial charge in [-0.05, 0) is 48.9 Å². The van der Waals surface area contributed by atoms with Gasteiger partial charge in [0.2, 0.25) is 0 Å². The molecule has 0 fully saturated rings. The van der Waals surface area contributed by atoms with Crippen molar-refractivity contribution in [3.8, 4) is 6.07 Å². The molecule has 0 aliphatic heterocycles. The maximum Gasteiger partial charge on any atom is 0.256 e. The fourth-order valence-electron chi connectivity index (χ4n) is 3.00. The van der Waals surface area contributed by atoms with E-state index in [1.165, 1.54) is 29.5 Å². The first-order valence-corrected chi connectivity index (χ1v) is 10.7. The SMILES string of the molecule is CC1CCc2c(sc(NC(=O)c3cccc(S(C)(=O)=O)c3)c2C#N)C1. The Morgan fingerprint density at radius 1 is 1.40 bits per heavy atom. The van der Waals surface area contributed by atoms with Gasteiger partial charge in [-0.15, -0.1) is 11.3 Å². The van der Waals surface area contributed by atoms with Crippen LogP contribution in [0.3, 0.4) is 0 Å². The number of hydrogen-bond donors (Lipinski definition) is 1. The van der Waals surface area contributed by atoms with Crippen LogP contribution in [0.25, 0.3) is 0 Å². The molecule has 7 heteroatoms. The van der Waals surface area contributed by atoms with Crippen molar-refractivity contribution in [3.63, 3.8) is 0 Å². The maximum atomic E-state index is 12.5. The lowest BCUT2D eigenvalue weighted by molar-refractivity contribution is 0.102. The Hall–Kier alpha value is -2.17. The van der Waals surface area contributed by atoms with Crippen molar-refractivity contribution < 1.29 is 13.2 Å². The smallest absolute Gasteiger partial charge is 0.256 e. The number of thiophene rings is 1. The Kier molecular flexibility index (Phi) is 4.67. The van der Waals surface area contributed by atoms with Gasteiger partial charge in [0.25, 0.3) is 5.91 Å². The van der Waals surface area contributed by atoms with Gasteiger partial charge in [-0.25, -0.2) is 8.42 Å². The summed E-state index contributed by atoms with van der Waals surface area (Å²) in [5.41, 5.74) is 1.84. The van der Waals surface area contributed by atoms with E-state index in [4.69, 9.17) is 0 Å². The van der Waals surface area contributed by atoms with Crippen LogP contribution < -0.4 is 5.32 Å². The number of hydrogen-bond acceptors (Lipinski definition) is 5. The topological polar surface area (TPSA) is 87.0 Å². The first-order valence-electron chi connectivity index (χ1n) is 7.95. The third-order valence-electron chi connectivity index (χ3n) is 4.37. The van der Waals surface area contributed by atoms with Crippen LogP contribution in [0.5, 0.6) is 0 Å². The molecule has 5 nitrogen and oxygen atoms in total. The fourth-order valence-corrected chi connectivity index (χ4v) is 5.02. The third kappa shape index (κ3) is 3.60. The van der Waals surface area contributed by atoms with Crippen LogP contribution in [0.2, 0.25) is 0 Å². The molecule has 0 saturated heterocycles. The van der Waals surface area contributed by atoms with Crippen LogP contribution >= 0.6 is 11.3 Å². The van der Waals surface area contributed by atoms with Crippen molar-refractivity contribution in [2.24, 2.45) is 5.92 Å². The van der Waals surface area contributed by atoms with Gasteiger partial charge >= 0.3 is 0 Å². The van der Waals surface area contributed by atoms with Gasteiger partial charge in [0, 0.05) is 16.7 Å². The Morgan fingerprint density at radius 2 is 2.16 bits per heavy atom. The van der Waals surface area contributed by atoms with E-state index in [1.807, 2.05) is 0 Å². The van der Waals surface area contributed by atoms with Crippen molar-refractivity contribution in [1.29, 1.82) is 5.26 Å². The molecule has 1 heterocycles. The van der Waals surface area contributed by atoms with Crippen molar-refractivity contribution in [1.82, 2.24) is 0 Å². The predicted octanol–water partition coefficient (Wildman–Crippen LogP) is 3.40.